The van der Waals surface area contributed by atoms with Crippen LogP contribution in [0.1, 0.15) is 15.9 Å². The van der Waals surface area contributed by atoms with E-state index < -0.39 is 0 Å². The molecule has 3 rings (SSSR count). The molecule has 0 bridgehead atoms. The summed E-state index contributed by atoms with van der Waals surface area (Å²) in [7, 11) is 1.63. The van der Waals surface area contributed by atoms with E-state index in [1.807, 2.05) is 48.5 Å². The van der Waals surface area contributed by atoms with Gasteiger partial charge in [-0.2, -0.15) is 0 Å². The first kappa shape index (κ1) is 13.7. The highest BCUT2D eigenvalue weighted by atomic mass is 32.2. The van der Waals surface area contributed by atoms with Gasteiger partial charge in [0.25, 0.3) is 5.91 Å². The second-order valence-corrected chi connectivity index (χ2v) is 5.59. The van der Waals surface area contributed by atoms with E-state index in [0.717, 1.165) is 27.5 Å². The molecule has 0 saturated carbocycles. The number of rotatable bonds is 4. The molecule has 2 N–H and O–H groups in total. The van der Waals surface area contributed by atoms with Crippen LogP contribution < -0.4 is 5.32 Å². The molecule has 0 spiro atoms. The Kier molecular flexibility index (Phi) is 3.92. The Labute approximate surface area is 127 Å². The number of H-pyrrole nitrogens is 1. The Morgan fingerprint density at radius 3 is 2.67 bits per heavy atom. The number of carbonyl (C=O) groups excluding carboxylic acids is 1. The summed E-state index contributed by atoms with van der Waals surface area (Å²) in [5, 5.41) is 3.52. The van der Waals surface area contributed by atoms with Gasteiger partial charge in [-0.3, -0.25) is 4.79 Å². The fraction of sp³-hybridized carbons (Fsp3) is 0.125. The fourth-order valence-corrected chi connectivity index (χ4v) is 2.89. The number of fused-ring (bicyclic) bond motifs is 1. The van der Waals surface area contributed by atoms with E-state index >= 15 is 0 Å². The molecule has 3 aromatic rings. The molecule has 21 heavy (non-hydrogen) atoms. The molecule has 2 aromatic carbocycles. The van der Waals surface area contributed by atoms with Crippen LogP contribution in [0.4, 0.5) is 0 Å². The first-order chi connectivity index (χ1) is 10.3. The van der Waals surface area contributed by atoms with Gasteiger partial charge in [-0.25, -0.2) is 4.98 Å². The summed E-state index contributed by atoms with van der Waals surface area (Å²) in [6, 6.07) is 15.6. The molecule has 1 heterocycles. The van der Waals surface area contributed by atoms with Crippen LogP contribution in [-0.4, -0.2) is 22.9 Å². The highest BCUT2D eigenvalue weighted by molar-refractivity contribution is 7.98. The molecule has 0 saturated heterocycles. The van der Waals surface area contributed by atoms with E-state index in [2.05, 4.69) is 15.3 Å². The number of para-hydroxylation sites is 2. The maximum Gasteiger partial charge on any atom is 0.251 e. The number of hydrogen-bond acceptors (Lipinski definition) is 3. The largest absolute Gasteiger partial charge is 0.355 e. The van der Waals surface area contributed by atoms with Crippen LogP contribution in [0, 0.1) is 0 Å². The Morgan fingerprint density at radius 2 is 1.95 bits per heavy atom. The standard InChI is InChI=1S/C16H15N3OS/c1-17-15(20)12-8-6-11(7-9-12)10-21-16-18-13-4-2-3-5-14(13)19-16/h2-9H,10H2,1H3,(H,17,20)(H,18,19). The van der Waals surface area contributed by atoms with Gasteiger partial charge in [-0.05, 0) is 29.8 Å². The molecule has 106 valence electrons. The predicted molar refractivity (Wildman–Crippen MR) is 85.5 cm³/mol. The molecule has 4 nitrogen and oxygen atoms in total. The van der Waals surface area contributed by atoms with Crippen molar-refractivity contribution in [2.75, 3.05) is 7.05 Å². The normalized spacial score (nSPS) is 10.7. The van der Waals surface area contributed by atoms with Crippen LogP contribution in [-0.2, 0) is 5.75 Å². The summed E-state index contributed by atoms with van der Waals surface area (Å²) in [5.74, 6) is 0.750. The number of aromatic nitrogens is 2. The van der Waals surface area contributed by atoms with E-state index in [9.17, 15) is 4.79 Å². The number of thioether (sulfide) groups is 1. The minimum Gasteiger partial charge on any atom is -0.355 e. The van der Waals surface area contributed by atoms with E-state index in [-0.39, 0.29) is 5.91 Å². The van der Waals surface area contributed by atoms with Gasteiger partial charge in [0.2, 0.25) is 0 Å². The lowest BCUT2D eigenvalue weighted by molar-refractivity contribution is 0.0963. The van der Waals surface area contributed by atoms with Crippen LogP contribution in [0.25, 0.3) is 11.0 Å². The number of amides is 1. The number of benzene rings is 2. The Morgan fingerprint density at radius 1 is 1.19 bits per heavy atom. The maximum absolute atomic E-state index is 11.5. The van der Waals surface area contributed by atoms with Crippen LogP contribution in [0.5, 0.6) is 0 Å². The average Bonchev–Trinajstić information content (AvgIpc) is 2.95. The third-order valence-corrected chi connectivity index (χ3v) is 4.13. The number of carbonyl (C=O) groups is 1. The topological polar surface area (TPSA) is 57.8 Å². The molecule has 0 aliphatic carbocycles. The molecule has 0 radical (unpaired) electrons. The maximum atomic E-state index is 11.5. The van der Waals surface area contributed by atoms with Gasteiger partial charge in [0.15, 0.2) is 5.16 Å². The first-order valence-corrected chi connectivity index (χ1v) is 7.63. The summed E-state index contributed by atoms with van der Waals surface area (Å²) < 4.78 is 0. The second kappa shape index (κ2) is 6.01. The van der Waals surface area contributed by atoms with Crippen LogP contribution in [0.15, 0.2) is 53.7 Å². The van der Waals surface area contributed by atoms with Crippen molar-refractivity contribution in [2.45, 2.75) is 10.9 Å². The molecular formula is C16H15N3OS. The molecule has 0 unspecified atom stereocenters. The molecule has 5 heteroatoms. The molecule has 1 aromatic heterocycles. The highest BCUT2D eigenvalue weighted by Gasteiger charge is 2.05. The van der Waals surface area contributed by atoms with Crippen molar-refractivity contribution in [1.82, 2.24) is 15.3 Å². The third kappa shape index (κ3) is 3.08. The van der Waals surface area contributed by atoms with E-state index in [0.29, 0.717) is 5.56 Å². The first-order valence-electron chi connectivity index (χ1n) is 6.65. The fourth-order valence-electron chi connectivity index (χ4n) is 2.05. The van der Waals surface area contributed by atoms with Crippen LogP contribution in [0.3, 0.4) is 0 Å². The van der Waals surface area contributed by atoms with Crippen molar-refractivity contribution >= 4 is 28.7 Å². The summed E-state index contributed by atoms with van der Waals surface area (Å²) in [4.78, 5) is 19.3. The number of aromatic amines is 1. The van der Waals surface area contributed by atoms with Crippen molar-refractivity contribution in [3.8, 4) is 0 Å². The quantitative estimate of drug-likeness (QED) is 0.727. The molecule has 0 aliphatic rings. The van der Waals surface area contributed by atoms with Crippen LogP contribution >= 0.6 is 11.8 Å². The van der Waals surface area contributed by atoms with E-state index in [4.69, 9.17) is 0 Å². The van der Waals surface area contributed by atoms with E-state index in [1.165, 1.54) is 0 Å². The van der Waals surface area contributed by atoms with Gasteiger partial charge in [-0.15, -0.1) is 0 Å². The lowest BCUT2D eigenvalue weighted by Crippen LogP contribution is -2.17. The summed E-state index contributed by atoms with van der Waals surface area (Å²) in [6.45, 7) is 0. The van der Waals surface area contributed by atoms with Gasteiger partial charge in [0.05, 0.1) is 11.0 Å². The van der Waals surface area contributed by atoms with Crippen molar-refractivity contribution in [2.24, 2.45) is 0 Å². The molecule has 0 aliphatic heterocycles. The third-order valence-electron chi connectivity index (χ3n) is 3.19. The monoisotopic (exact) mass is 297 g/mol. The minimum atomic E-state index is -0.0634. The molecule has 0 fully saturated rings. The zero-order chi connectivity index (χ0) is 14.7. The number of hydrogen-bond donors (Lipinski definition) is 2. The van der Waals surface area contributed by atoms with Crippen molar-refractivity contribution in [3.05, 3.63) is 59.7 Å². The molecule has 0 atom stereocenters. The van der Waals surface area contributed by atoms with Crippen molar-refractivity contribution in [1.29, 1.82) is 0 Å². The van der Waals surface area contributed by atoms with E-state index in [1.54, 1.807) is 18.8 Å². The van der Waals surface area contributed by atoms with Crippen molar-refractivity contribution < 1.29 is 4.79 Å². The second-order valence-electron chi connectivity index (χ2n) is 4.62. The molecular weight excluding hydrogens is 282 g/mol. The lowest BCUT2D eigenvalue weighted by atomic mass is 10.1. The number of imidazole rings is 1. The zero-order valence-electron chi connectivity index (χ0n) is 11.6. The Balaban J connectivity index is 1.68. The average molecular weight is 297 g/mol. The Bertz CT molecular complexity index is 732. The SMILES string of the molecule is CNC(=O)c1ccc(CSc2nc3ccccc3[nH]2)cc1. The smallest absolute Gasteiger partial charge is 0.251 e. The van der Waals surface area contributed by atoms with Gasteiger partial charge < -0.3 is 10.3 Å². The summed E-state index contributed by atoms with van der Waals surface area (Å²) in [5.41, 5.74) is 3.87. The van der Waals surface area contributed by atoms with Gasteiger partial charge in [0.1, 0.15) is 0 Å². The summed E-state index contributed by atoms with van der Waals surface area (Å²) in [6.07, 6.45) is 0. The number of nitrogens with zero attached hydrogens (tertiary/aromatic N) is 1. The Hall–Kier alpha value is -2.27. The van der Waals surface area contributed by atoms with Gasteiger partial charge in [0, 0.05) is 18.4 Å². The highest BCUT2D eigenvalue weighted by Crippen LogP contribution is 2.23. The minimum absolute atomic E-state index is 0.0634. The zero-order valence-corrected chi connectivity index (χ0v) is 12.4. The van der Waals surface area contributed by atoms with Crippen molar-refractivity contribution in [3.63, 3.8) is 0 Å². The lowest BCUT2D eigenvalue weighted by Gasteiger charge is -2.02. The number of nitrogens with one attached hydrogen (secondary N) is 2. The van der Waals surface area contributed by atoms with Gasteiger partial charge >= 0.3 is 0 Å². The van der Waals surface area contributed by atoms with Gasteiger partial charge in [-0.1, -0.05) is 36.0 Å². The summed E-state index contributed by atoms with van der Waals surface area (Å²) >= 11 is 1.65. The van der Waals surface area contributed by atoms with Crippen LogP contribution in [0.2, 0.25) is 0 Å². The molecule has 1 amide bonds. The predicted octanol–water partition coefficient (Wildman–Crippen LogP) is 3.21.